The highest BCUT2D eigenvalue weighted by molar-refractivity contribution is 5.95. The smallest absolute Gasteiger partial charge is 0.252 e. The Balaban J connectivity index is 1.62. The van der Waals surface area contributed by atoms with Crippen molar-refractivity contribution < 1.29 is 9.53 Å². The monoisotopic (exact) mass is 359 g/mol. The van der Waals surface area contributed by atoms with Crippen molar-refractivity contribution in [1.82, 2.24) is 5.32 Å². The molecule has 2 aromatic rings. The first-order valence-electron chi connectivity index (χ1n) is 9.10. The largest absolute Gasteiger partial charge is 0.489 e. The van der Waals surface area contributed by atoms with Gasteiger partial charge >= 0.3 is 0 Å². The number of nitrogens with zero attached hydrogens (tertiary/aromatic N) is 2. The molecule has 0 unspecified atom stereocenters. The van der Waals surface area contributed by atoms with E-state index in [4.69, 9.17) is 10.00 Å². The second-order valence-electron chi connectivity index (χ2n) is 6.79. The Morgan fingerprint density at radius 2 is 1.74 bits per heavy atom. The molecule has 0 heterocycles. The molecule has 0 saturated heterocycles. The molecular formula is C22H21N3O2. The summed E-state index contributed by atoms with van der Waals surface area (Å²) in [6.07, 6.45) is 4.44. The molecule has 0 spiro atoms. The summed E-state index contributed by atoms with van der Waals surface area (Å²) in [6, 6.07) is 18.6. The molecule has 1 N–H and O–H groups in total. The van der Waals surface area contributed by atoms with Gasteiger partial charge in [-0.1, -0.05) is 37.5 Å². The van der Waals surface area contributed by atoms with E-state index in [2.05, 4.69) is 17.5 Å². The van der Waals surface area contributed by atoms with E-state index in [1.54, 1.807) is 30.3 Å². The first kappa shape index (κ1) is 18.5. The summed E-state index contributed by atoms with van der Waals surface area (Å²) in [5.41, 5.74) is 1.16. The maximum Gasteiger partial charge on any atom is 0.252 e. The number of ether oxygens (including phenoxy) is 1. The van der Waals surface area contributed by atoms with Gasteiger partial charge in [-0.25, -0.2) is 0 Å². The molecular weight excluding hydrogens is 338 g/mol. The van der Waals surface area contributed by atoms with Gasteiger partial charge in [-0.05, 0) is 43.2 Å². The molecule has 0 bridgehead atoms. The molecule has 3 rings (SSSR count). The van der Waals surface area contributed by atoms with Crippen molar-refractivity contribution in [2.45, 2.75) is 44.2 Å². The lowest BCUT2D eigenvalue weighted by atomic mass is 9.82. The summed E-state index contributed by atoms with van der Waals surface area (Å²) in [5, 5.41) is 21.5. The van der Waals surface area contributed by atoms with Gasteiger partial charge in [-0.2, -0.15) is 10.5 Å². The molecule has 0 atom stereocenters. The van der Waals surface area contributed by atoms with Gasteiger partial charge in [-0.15, -0.1) is 0 Å². The van der Waals surface area contributed by atoms with Crippen molar-refractivity contribution in [3.8, 4) is 17.9 Å². The molecule has 1 fully saturated rings. The summed E-state index contributed by atoms with van der Waals surface area (Å²) in [4.78, 5) is 12.5. The molecule has 1 saturated carbocycles. The van der Waals surface area contributed by atoms with Crippen LogP contribution in [0.25, 0.3) is 0 Å². The highest BCUT2D eigenvalue weighted by Crippen LogP contribution is 2.28. The Hall–Kier alpha value is -3.31. The number of hydrogen-bond acceptors (Lipinski definition) is 4. The van der Waals surface area contributed by atoms with Crippen LogP contribution in [0.3, 0.4) is 0 Å². The zero-order valence-corrected chi connectivity index (χ0v) is 15.1. The maximum atomic E-state index is 12.5. The van der Waals surface area contributed by atoms with Crippen molar-refractivity contribution in [3.05, 3.63) is 65.2 Å². The average molecular weight is 359 g/mol. The fraction of sp³-hybridized carbons (Fsp3) is 0.318. The maximum absolute atomic E-state index is 12.5. The summed E-state index contributed by atoms with van der Waals surface area (Å²) in [5.74, 6) is 0.381. The molecule has 5 nitrogen and oxygen atoms in total. The number of rotatable bonds is 5. The molecule has 1 aliphatic carbocycles. The number of benzene rings is 2. The van der Waals surface area contributed by atoms with Gasteiger partial charge in [0.1, 0.15) is 17.9 Å². The van der Waals surface area contributed by atoms with Gasteiger partial charge in [0, 0.05) is 11.1 Å². The van der Waals surface area contributed by atoms with Crippen LogP contribution >= 0.6 is 0 Å². The molecule has 27 heavy (non-hydrogen) atoms. The molecule has 0 aromatic heterocycles. The van der Waals surface area contributed by atoms with Gasteiger partial charge in [0.15, 0.2) is 0 Å². The number of hydrogen-bond donors (Lipinski definition) is 1. The van der Waals surface area contributed by atoms with E-state index in [0.29, 0.717) is 29.7 Å². The van der Waals surface area contributed by atoms with Crippen molar-refractivity contribution in [1.29, 1.82) is 10.5 Å². The second kappa shape index (κ2) is 8.38. The van der Waals surface area contributed by atoms with Crippen LogP contribution in [0.4, 0.5) is 0 Å². The zero-order chi connectivity index (χ0) is 19.1. The zero-order valence-electron chi connectivity index (χ0n) is 15.1. The Morgan fingerprint density at radius 3 is 2.41 bits per heavy atom. The van der Waals surface area contributed by atoms with E-state index in [9.17, 15) is 10.1 Å². The van der Waals surface area contributed by atoms with Crippen LogP contribution in [-0.4, -0.2) is 11.4 Å². The Labute approximate surface area is 159 Å². The normalized spacial score (nSPS) is 15.2. The van der Waals surface area contributed by atoms with Gasteiger partial charge in [0.05, 0.1) is 17.7 Å². The van der Waals surface area contributed by atoms with E-state index in [0.717, 1.165) is 24.8 Å². The SMILES string of the molecule is N#Cc1ccccc1COc1ccc(C(=O)NC2(C#N)CCCCC2)cc1. The van der Waals surface area contributed by atoms with Gasteiger partial charge in [0.25, 0.3) is 5.91 Å². The molecule has 2 aromatic carbocycles. The Morgan fingerprint density at radius 1 is 1.04 bits per heavy atom. The average Bonchev–Trinajstić information content (AvgIpc) is 2.73. The third kappa shape index (κ3) is 4.46. The quantitative estimate of drug-likeness (QED) is 0.871. The molecule has 1 amide bonds. The Kier molecular flexibility index (Phi) is 5.74. The highest BCUT2D eigenvalue weighted by atomic mass is 16.5. The van der Waals surface area contributed by atoms with Crippen molar-refractivity contribution in [2.24, 2.45) is 0 Å². The molecule has 1 aliphatic rings. The topological polar surface area (TPSA) is 85.9 Å². The van der Waals surface area contributed by atoms with Gasteiger partial charge < -0.3 is 10.1 Å². The van der Waals surface area contributed by atoms with E-state index in [-0.39, 0.29) is 12.5 Å². The second-order valence-corrected chi connectivity index (χ2v) is 6.79. The van der Waals surface area contributed by atoms with E-state index in [1.165, 1.54) is 0 Å². The molecule has 136 valence electrons. The fourth-order valence-electron chi connectivity index (χ4n) is 3.33. The van der Waals surface area contributed by atoms with Crippen molar-refractivity contribution in [2.75, 3.05) is 0 Å². The third-order valence-corrected chi connectivity index (χ3v) is 4.92. The van der Waals surface area contributed by atoms with Crippen LogP contribution in [0.1, 0.15) is 53.6 Å². The van der Waals surface area contributed by atoms with Crippen LogP contribution in [0.5, 0.6) is 5.75 Å². The van der Waals surface area contributed by atoms with Crippen LogP contribution < -0.4 is 10.1 Å². The lowest BCUT2D eigenvalue weighted by molar-refractivity contribution is 0.0902. The highest BCUT2D eigenvalue weighted by Gasteiger charge is 2.33. The summed E-state index contributed by atoms with van der Waals surface area (Å²) in [7, 11) is 0. The molecule has 0 aliphatic heterocycles. The summed E-state index contributed by atoms with van der Waals surface area (Å²) in [6.45, 7) is 0.285. The van der Waals surface area contributed by atoms with Crippen molar-refractivity contribution in [3.63, 3.8) is 0 Å². The first-order valence-corrected chi connectivity index (χ1v) is 9.10. The minimum atomic E-state index is -0.745. The number of carbonyl (C=O) groups excluding carboxylic acids is 1. The van der Waals surface area contributed by atoms with Crippen LogP contribution in [0.2, 0.25) is 0 Å². The van der Waals surface area contributed by atoms with Crippen LogP contribution in [0, 0.1) is 22.7 Å². The Bertz CT molecular complexity index is 885. The first-order chi connectivity index (χ1) is 13.2. The fourth-order valence-corrected chi connectivity index (χ4v) is 3.33. The molecule has 5 heteroatoms. The lowest BCUT2D eigenvalue weighted by Crippen LogP contribution is -2.48. The summed E-state index contributed by atoms with van der Waals surface area (Å²) >= 11 is 0. The predicted octanol–water partition coefficient (Wildman–Crippen LogP) is 4.09. The summed E-state index contributed by atoms with van der Waals surface area (Å²) < 4.78 is 5.73. The minimum Gasteiger partial charge on any atom is -0.489 e. The lowest BCUT2D eigenvalue weighted by Gasteiger charge is -2.31. The van der Waals surface area contributed by atoms with Gasteiger partial charge in [-0.3, -0.25) is 4.79 Å². The number of nitrogens with one attached hydrogen (secondary N) is 1. The van der Waals surface area contributed by atoms with Gasteiger partial charge in [0.2, 0.25) is 0 Å². The third-order valence-electron chi connectivity index (χ3n) is 4.92. The number of carbonyl (C=O) groups is 1. The number of nitriles is 2. The van der Waals surface area contributed by atoms with E-state index < -0.39 is 5.54 Å². The number of amides is 1. The van der Waals surface area contributed by atoms with Crippen molar-refractivity contribution >= 4 is 5.91 Å². The minimum absolute atomic E-state index is 0.236. The standard InChI is InChI=1S/C22H21N3O2/c23-14-18-6-2-3-7-19(18)15-27-20-10-8-17(9-11-20)21(26)25-22(16-24)12-4-1-5-13-22/h2-3,6-11H,1,4-5,12-13,15H2,(H,25,26). The van der Waals surface area contributed by atoms with E-state index in [1.807, 2.05) is 18.2 Å². The van der Waals surface area contributed by atoms with Crippen LogP contribution in [-0.2, 0) is 6.61 Å². The predicted molar refractivity (Wildman–Crippen MR) is 101 cm³/mol. The molecule has 0 radical (unpaired) electrons. The van der Waals surface area contributed by atoms with Crippen LogP contribution in [0.15, 0.2) is 48.5 Å². The van der Waals surface area contributed by atoms with E-state index >= 15 is 0 Å².